The minimum atomic E-state index is -1.16. The predicted octanol–water partition coefficient (Wildman–Crippen LogP) is 0.547. The lowest BCUT2D eigenvalue weighted by Crippen LogP contribution is -2.41. The number of carboxylic acids is 1. The van der Waals surface area contributed by atoms with Gasteiger partial charge in [-0.25, -0.2) is 4.79 Å². The van der Waals surface area contributed by atoms with Crippen molar-refractivity contribution in [1.29, 1.82) is 0 Å². The average Bonchev–Trinajstić information content (AvgIpc) is 2.76. The van der Waals surface area contributed by atoms with Crippen molar-refractivity contribution < 1.29 is 19.6 Å². The Bertz CT molecular complexity index is 496. The summed E-state index contributed by atoms with van der Waals surface area (Å²) in [4.78, 5) is 32.4. The quantitative estimate of drug-likeness (QED) is 0.509. The summed E-state index contributed by atoms with van der Waals surface area (Å²) in [6.45, 7) is 3.64. The topological polar surface area (TPSA) is 138 Å². The maximum absolute atomic E-state index is 11.7. The van der Waals surface area contributed by atoms with Gasteiger partial charge in [0, 0.05) is 0 Å². The van der Waals surface area contributed by atoms with Gasteiger partial charge in [0.2, 0.25) is 0 Å². The highest BCUT2D eigenvalue weighted by Crippen LogP contribution is 2.09. The fraction of sp³-hybridized carbons (Fsp3) is 0.500. The van der Waals surface area contributed by atoms with Gasteiger partial charge in [-0.1, -0.05) is 18.9 Å². The van der Waals surface area contributed by atoms with E-state index in [1.54, 1.807) is 0 Å². The lowest BCUT2D eigenvalue weighted by Gasteiger charge is -2.15. The molecule has 0 radical (unpaired) electrons. The van der Waals surface area contributed by atoms with Crippen LogP contribution in [0.3, 0.4) is 0 Å². The van der Waals surface area contributed by atoms with Crippen LogP contribution in [-0.2, 0) is 4.79 Å². The van der Waals surface area contributed by atoms with Gasteiger partial charge < -0.3 is 20.5 Å². The number of aromatic nitrogens is 2. The molecule has 0 aliphatic heterocycles. The third-order valence-electron chi connectivity index (χ3n) is 2.30. The number of H-pyrrole nitrogens is 1. The first-order valence-corrected chi connectivity index (χ1v) is 5.54. The van der Waals surface area contributed by atoms with E-state index in [1.165, 1.54) is 0 Å². The van der Waals surface area contributed by atoms with Crippen LogP contribution in [0.4, 0.5) is 5.82 Å². The van der Waals surface area contributed by atoms with E-state index in [4.69, 9.17) is 5.11 Å². The van der Waals surface area contributed by atoms with Gasteiger partial charge >= 0.3 is 11.8 Å². The number of nitrogens with one attached hydrogen (secondary N) is 2. The van der Waals surface area contributed by atoms with Gasteiger partial charge in [0.25, 0.3) is 5.91 Å². The number of carbonyl (C=O) groups excluding carboxylic acids is 1. The normalized spacial score (nSPS) is 12.2. The third-order valence-corrected chi connectivity index (χ3v) is 2.30. The summed E-state index contributed by atoms with van der Waals surface area (Å²) < 4.78 is 0. The summed E-state index contributed by atoms with van der Waals surface area (Å²) in [7, 11) is 0. The van der Waals surface area contributed by atoms with Crippen molar-refractivity contribution in [3.05, 3.63) is 21.9 Å². The van der Waals surface area contributed by atoms with Crippen LogP contribution >= 0.6 is 0 Å². The minimum Gasteiger partial charge on any atom is -0.480 e. The number of carbonyl (C=O) groups is 2. The molecular weight excluding hydrogens is 256 g/mol. The number of carboxylic acid groups (broad SMARTS) is 1. The van der Waals surface area contributed by atoms with E-state index in [2.05, 4.69) is 15.5 Å². The molecule has 0 saturated heterocycles. The average molecular weight is 270 g/mol. The highest BCUT2D eigenvalue weighted by molar-refractivity contribution is 5.95. The van der Waals surface area contributed by atoms with Crippen molar-refractivity contribution in [3.63, 3.8) is 0 Å². The van der Waals surface area contributed by atoms with Crippen molar-refractivity contribution in [1.82, 2.24) is 15.5 Å². The Morgan fingerprint density at radius 2 is 2.21 bits per heavy atom. The number of nitrogens with zero attached hydrogens (tertiary/aromatic N) is 2. The molecule has 0 unspecified atom stereocenters. The number of rotatable bonds is 6. The molecule has 9 heteroatoms. The van der Waals surface area contributed by atoms with E-state index in [0.717, 1.165) is 6.07 Å². The van der Waals surface area contributed by atoms with E-state index in [1.807, 2.05) is 13.8 Å². The molecule has 1 heterocycles. The highest BCUT2D eigenvalue weighted by atomic mass is 16.6. The van der Waals surface area contributed by atoms with Crippen LogP contribution < -0.4 is 5.32 Å². The molecule has 1 aromatic heterocycles. The molecule has 0 aromatic carbocycles. The zero-order valence-electron chi connectivity index (χ0n) is 10.4. The van der Waals surface area contributed by atoms with Crippen molar-refractivity contribution in [2.45, 2.75) is 26.3 Å². The first-order chi connectivity index (χ1) is 8.81. The minimum absolute atomic E-state index is 0.0786. The van der Waals surface area contributed by atoms with Gasteiger partial charge in [-0.05, 0) is 17.3 Å². The molecular formula is C10H14N4O5. The fourth-order valence-corrected chi connectivity index (χ4v) is 1.45. The molecule has 9 nitrogen and oxygen atoms in total. The lowest BCUT2D eigenvalue weighted by molar-refractivity contribution is -0.389. The van der Waals surface area contributed by atoms with Crippen molar-refractivity contribution in [2.24, 2.45) is 5.92 Å². The van der Waals surface area contributed by atoms with Gasteiger partial charge in [0.15, 0.2) is 5.69 Å². The Hall–Kier alpha value is -2.45. The summed E-state index contributed by atoms with van der Waals surface area (Å²) in [5, 5.41) is 27.2. The number of aliphatic carboxylic acids is 1. The molecule has 1 atom stereocenters. The molecule has 0 aliphatic rings. The van der Waals surface area contributed by atoms with Crippen LogP contribution in [0.2, 0.25) is 0 Å². The second kappa shape index (κ2) is 5.94. The SMILES string of the molecule is CC(C)C[C@H](NC(=O)c1cc([N+](=O)[O-])[nH]n1)C(=O)O. The van der Waals surface area contributed by atoms with E-state index in [9.17, 15) is 19.7 Å². The summed E-state index contributed by atoms with van der Waals surface area (Å²) in [6.07, 6.45) is 0.258. The Morgan fingerprint density at radius 1 is 1.58 bits per heavy atom. The number of hydrogen-bond acceptors (Lipinski definition) is 5. The number of amides is 1. The van der Waals surface area contributed by atoms with Crippen LogP contribution in [0.1, 0.15) is 30.8 Å². The van der Waals surface area contributed by atoms with Crippen LogP contribution in [0.15, 0.2) is 6.07 Å². The second-order valence-corrected chi connectivity index (χ2v) is 4.39. The summed E-state index contributed by atoms with van der Waals surface area (Å²) >= 11 is 0. The van der Waals surface area contributed by atoms with Gasteiger partial charge in [-0.3, -0.25) is 4.79 Å². The highest BCUT2D eigenvalue weighted by Gasteiger charge is 2.24. The summed E-state index contributed by atoms with van der Waals surface area (Å²) in [5.41, 5.74) is -0.221. The molecule has 1 rings (SSSR count). The zero-order chi connectivity index (χ0) is 14.6. The Morgan fingerprint density at radius 3 is 2.63 bits per heavy atom. The van der Waals surface area contributed by atoms with Crippen LogP contribution in [0.5, 0.6) is 0 Å². The summed E-state index contributed by atoms with van der Waals surface area (Å²) in [5.74, 6) is -2.28. The molecule has 0 fully saturated rings. The largest absolute Gasteiger partial charge is 0.480 e. The molecule has 1 amide bonds. The van der Waals surface area contributed by atoms with E-state index in [0.29, 0.717) is 0 Å². The molecule has 0 saturated carbocycles. The molecule has 0 spiro atoms. The number of aromatic amines is 1. The van der Waals surface area contributed by atoms with Gasteiger partial charge in [0.1, 0.15) is 6.04 Å². The first-order valence-electron chi connectivity index (χ1n) is 5.54. The standard InChI is InChI=1S/C10H14N4O5/c1-5(2)3-7(10(16)17)11-9(15)6-4-8(13-12-6)14(18)19/h4-5,7H,3H2,1-2H3,(H,11,15)(H,12,13)(H,16,17)/t7-/m0/s1. The van der Waals surface area contributed by atoms with Gasteiger partial charge in [-0.15, -0.1) is 5.10 Å². The zero-order valence-corrected chi connectivity index (χ0v) is 10.4. The molecule has 3 N–H and O–H groups in total. The Balaban J connectivity index is 2.75. The third kappa shape index (κ3) is 4.05. The predicted molar refractivity (Wildman–Crippen MR) is 63.6 cm³/mol. The smallest absolute Gasteiger partial charge is 0.343 e. The fourth-order valence-electron chi connectivity index (χ4n) is 1.45. The second-order valence-electron chi connectivity index (χ2n) is 4.39. The van der Waals surface area contributed by atoms with Crippen LogP contribution in [-0.4, -0.2) is 38.1 Å². The van der Waals surface area contributed by atoms with Crippen LogP contribution in [0.25, 0.3) is 0 Å². The Labute approximate surface area is 108 Å². The monoisotopic (exact) mass is 270 g/mol. The van der Waals surface area contributed by atoms with Crippen molar-refractivity contribution in [2.75, 3.05) is 0 Å². The maximum Gasteiger partial charge on any atom is 0.343 e. The molecule has 1 aromatic rings. The first kappa shape index (κ1) is 14.6. The van der Waals surface area contributed by atoms with Gasteiger partial charge in [0.05, 0.1) is 6.07 Å². The van der Waals surface area contributed by atoms with E-state index >= 15 is 0 Å². The van der Waals surface area contributed by atoms with Gasteiger partial charge in [-0.2, -0.15) is 0 Å². The number of hydrogen-bond donors (Lipinski definition) is 3. The maximum atomic E-state index is 11.7. The number of nitro groups is 1. The van der Waals surface area contributed by atoms with Crippen molar-refractivity contribution in [3.8, 4) is 0 Å². The molecule has 0 aliphatic carbocycles. The Kier molecular flexibility index (Phi) is 4.56. The lowest BCUT2D eigenvalue weighted by atomic mass is 10.0. The van der Waals surface area contributed by atoms with E-state index < -0.39 is 28.7 Å². The van der Waals surface area contributed by atoms with Crippen LogP contribution in [0, 0.1) is 16.0 Å². The van der Waals surface area contributed by atoms with E-state index in [-0.39, 0.29) is 18.0 Å². The summed E-state index contributed by atoms with van der Waals surface area (Å²) in [6, 6.07) is -0.105. The van der Waals surface area contributed by atoms with Crippen molar-refractivity contribution >= 4 is 17.7 Å². The molecule has 0 bridgehead atoms. The molecule has 19 heavy (non-hydrogen) atoms. The molecule has 104 valence electrons.